The van der Waals surface area contributed by atoms with Gasteiger partial charge in [0.2, 0.25) is 5.91 Å². The quantitative estimate of drug-likeness (QED) is 0.241. The number of amides is 1. The zero-order valence-corrected chi connectivity index (χ0v) is 20.4. The van der Waals surface area contributed by atoms with Crippen LogP contribution in [0.2, 0.25) is 0 Å². The molecule has 1 amide bonds. The first-order valence-corrected chi connectivity index (χ1v) is 12.6. The van der Waals surface area contributed by atoms with Gasteiger partial charge in [0.1, 0.15) is 0 Å². The van der Waals surface area contributed by atoms with Gasteiger partial charge in [-0.05, 0) is 29.2 Å². The highest BCUT2D eigenvalue weighted by Gasteiger charge is 2.09. The number of hydrogen-bond donors (Lipinski definition) is 3. The summed E-state index contributed by atoms with van der Waals surface area (Å²) in [7, 11) is 1.36. The van der Waals surface area contributed by atoms with E-state index in [0.717, 1.165) is 30.6 Å². The van der Waals surface area contributed by atoms with Crippen molar-refractivity contribution in [1.29, 1.82) is 0 Å². The third-order valence-corrected chi connectivity index (χ3v) is 6.58. The molecule has 0 bridgehead atoms. The molecule has 0 fully saturated rings. The molecule has 0 aliphatic heterocycles. The van der Waals surface area contributed by atoms with Crippen molar-refractivity contribution in [2.75, 3.05) is 38.3 Å². The second-order valence-electron chi connectivity index (χ2n) is 8.08. The molecule has 3 N–H and O–H groups in total. The lowest BCUT2D eigenvalue weighted by atomic mass is 10.1. The van der Waals surface area contributed by atoms with E-state index in [-0.39, 0.29) is 18.5 Å². The molecule has 0 saturated heterocycles. The molecule has 1 aromatic heterocycles. The van der Waals surface area contributed by atoms with Crippen LogP contribution in [0.4, 0.5) is 0 Å². The molecule has 0 atom stereocenters. The van der Waals surface area contributed by atoms with Gasteiger partial charge in [-0.15, -0.1) is 0 Å². The number of rotatable bonds is 14. The van der Waals surface area contributed by atoms with E-state index in [1.54, 1.807) is 0 Å². The first-order chi connectivity index (χ1) is 16.6. The van der Waals surface area contributed by atoms with Gasteiger partial charge in [-0.25, -0.2) is 0 Å². The molecule has 0 aliphatic rings. The van der Waals surface area contributed by atoms with Gasteiger partial charge in [-0.3, -0.25) is 14.5 Å². The van der Waals surface area contributed by atoms with Crippen LogP contribution in [0.5, 0.6) is 0 Å². The SMILES string of the molecule is COC(=O)CCSCC(=O)NCc1ccc(CN(CCO)CCc2c[nH]c3ccccc23)cc1. The monoisotopic (exact) mass is 483 g/mol. The molecule has 182 valence electrons. The molecule has 8 heteroatoms. The Hall–Kier alpha value is -2.81. The molecule has 34 heavy (non-hydrogen) atoms. The van der Waals surface area contributed by atoms with Gasteiger partial charge in [0.05, 0.1) is 25.9 Å². The normalized spacial score (nSPS) is 11.1. The highest BCUT2D eigenvalue weighted by Crippen LogP contribution is 2.19. The number of benzene rings is 2. The molecule has 0 aliphatic carbocycles. The maximum Gasteiger partial charge on any atom is 0.306 e. The molecule has 0 saturated carbocycles. The summed E-state index contributed by atoms with van der Waals surface area (Å²) in [5.41, 5.74) is 4.63. The van der Waals surface area contributed by atoms with Crippen molar-refractivity contribution in [2.45, 2.75) is 25.9 Å². The second kappa shape index (κ2) is 13.8. The van der Waals surface area contributed by atoms with E-state index in [9.17, 15) is 14.7 Å². The Morgan fingerprint density at radius 2 is 1.85 bits per heavy atom. The van der Waals surface area contributed by atoms with Crippen LogP contribution in [0.3, 0.4) is 0 Å². The number of thioether (sulfide) groups is 1. The highest BCUT2D eigenvalue weighted by atomic mass is 32.2. The Kier molecular flexibility index (Phi) is 10.5. The third-order valence-electron chi connectivity index (χ3n) is 5.62. The highest BCUT2D eigenvalue weighted by molar-refractivity contribution is 7.99. The van der Waals surface area contributed by atoms with Gasteiger partial charge in [0, 0.05) is 49.0 Å². The van der Waals surface area contributed by atoms with E-state index >= 15 is 0 Å². The van der Waals surface area contributed by atoms with Gasteiger partial charge in [0.25, 0.3) is 0 Å². The smallest absolute Gasteiger partial charge is 0.306 e. The van der Waals surface area contributed by atoms with E-state index in [2.05, 4.69) is 56.5 Å². The Bertz CT molecular complexity index is 1050. The summed E-state index contributed by atoms with van der Waals surface area (Å²) >= 11 is 1.42. The molecule has 1 heterocycles. The van der Waals surface area contributed by atoms with E-state index in [0.29, 0.717) is 31.0 Å². The number of aliphatic hydroxyl groups excluding tert-OH is 1. The summed E-state index contributed by atoms with van der Waals surface area (Å²) in [5, 5.41) is 13.7. The number of nitrogens with one attached hydrogen (secondary N) is 2. The van der Waals surface area contributed by atoms with Crippen LogP contribution in [-0.2, 0) is 33.8 Å². The summed E-state index contributed by atoms with van der Waals surface area (Å²) in [6, 6.07) is 16.5. The van der Waals surface area contributed by atoms with Crippen LogP contribution >= 0.6 is 11.8 Å². The van der Waals surface area contributed by atoms with Crippen LogP contribution in [0, 0.1) is 0 Å². The van der Waals surface area contributed by atoms with E-state index in [4.69, 9.17) is 0 Å². The van der Waals surface area contributed by atoms with Crippen molar-refractivity contribution in [3.8, 4) is 0 Å². The Morgan fingerprint density at radius 1 is 1.09 bits per heavy atom. The maximum absolute atomic E-state index is 12.0. The number of ether oxygens (including phenoxy) is 1. The van der Waals surface area contributed by atoms with E-state index < -0.39 is 0 Å². The molecule has 7 nitrogen and oxygen atoms in total. The van der Waals surface area contributed by atoms with E-state index in [1.165, 1.54) is 35.4 Å². The number of hydrogen-bond acceptors (Lipinski definition) is 6. The number of fused-ring (bicyclic) bond motifs is 1. The number of aromatic nitrogens is 1. The lowest BCUT2D eigenvalue weighted by Crippen LogP contribution is -2.28. The van der Waals surface area contributed by atoms with Gasteiger partial charge in [-0.1, -0.05) is 42.5 Å². The van der Waals surface area contributed by atoms with Crippen molar-refractivity contribution in [3.05, 3.63) is 71.4 Å². The predicted molar refractivity (Wildman–Crippen MR) is 137 cm³/mol. The number of carbonyl (C=O) groups excluding carboxylic acids is 2. The molecule has 0 unspecified atom stereocenters. The topological polar surface area (TPSA) is 94.7 Å². The summed E-state index contributed by atoms with van der Waals surface area (Å²) in [5.74, 6) is 0.579. The minimum absolute atomic E-state index is 0.0506. The van der Waals surface area contributed by atoms with E-state index in [1.807, 2.05) is 18.2 Å². The second-order valence-corrected chi connectivity index (χ2v) is 9.19. The van der Waals surface area contributed by atoms with Gasteiger partial charge >= 0.3 is 5.97 Å². The zero-order chi connectivity index (χ0) is 24.2. The van der Waals surface area contributed by atoms with Gasteiger partial charge in [-0.2, -0.15) is 11.8 Å². The fourth-order valence-electron chi connectivity index (χ4n) is 3.72. The first-order valence-electron chi connectivity index (χ1n) is 11.5. The summed E-state index contributed by atoms with van der Waals surface area (Å²) in [4.78, 5) is 28.6. The number of H-pyrrole nitrogens is 1. The number of esters is 1. The number of carbonyl (C=O) groups is 2. The lowest BCUT2D eigenvalue weighted by molar-refractivity contribution is -0.140. The van der Waals surface area contributed by atoms with Gasteiger partial charge in [0.15, 0.2) is 0 Å². The molecule has 2 aromatic carbocycles. The molecular weight excluding hydrogens is 450 g/mol. The number of methoxy groups -OCH3 is 1. The van der Waals surface area contributed by atoms with Gasteiger partial charge < -0.3 is 20.1 Å². The molecule has 0 spiro atoms. The molecular formula is C26H33N3O4S. The average Bonchev–Trinajstić information content (AvgIpc) is 3.28. The van der Waals surface area contributed by atoms with Crippen molar-refractivity contribution >= 4 is 34.5 Å². The predicted octanol–water partition coefficient (Wildman–Crippen LogP) is 3.12. The summed E-state index contributed by atoms with van der Waals surface area (Å²) < 4.78 is 4.59. The molecule has 0 radical (unpaired) electrons. The number of aliphatic hydroxyl groups is 1. The first kappa shape index (κ1) is 25.8. The molecule has 3 aromatic rings. The van der Waals surface area contributed by atoms with Crippen molar-refractivity contribution < 1.29 is 19.4 Å². The van der Waals surface area contributed by atoms with Crippen LogP contribution in [0.25, 0.3) is 10.9 Å². The van der Waals surface area contributed by atoms with Crippen LogP contribution in [0.15, 0.2) is 54.7 Å². The molecule has 3 rings (SSSR count). The minimum atomic E-state index is -0.261. The van der Waals surface area contributed by atoms with Crippen molar-refractivity contribution in [2.24, 2.45) is 0 Å². The van der Waals surface area contributed by atoms with Crippen LogP contribution in [0.1, 0.15) is 23.1 Å². The van der Waals surface area contributed by atoms with Crippen LogP contribution in [-0.4, -0.2) is 65.2 Å². The average molecular weight is 484 g/mol. The Labute approximate surface area is 204 Å². The largest absolute Gasteiger partial charge is 0.469 e. The lowest BCUT2D eigenvalue weighted by Gasteiger charge is -2.21. The number of aromatic amines is 1. The minimum Gasteiger partial charge on any atom is -0.469 e. The standard InChI is InChI=1S/C26H33N3O4S/c1-33-26(32)11-15-34-19-25(31)28-16-20-6-8-21(9-7-20)18-29(13-14-30)12-10-22-17-27-24-5-3-2-4-23(22)24/h2-9,17,27,30H,10-16,18-19H2,1H3,(H,28,31). The maximum atomic E-state index is 12.0. The Morgan fingerprint density at radius 3 is 2.62 bits per heavy atom. The number of para-hydroxylation sites is 1. The fraction of sp³-hybridized carbons (Fsp3) is 0.385. The fourth-order valence-corrected chi connectivity index (χ4v) is 4.47. The summed E-state index contributed by atoms with van der Waals surface area (Å²) in [6.45, 7) is 2.82. The number of nitrogens with zero attached hydrogens (tertiary/aromatic N) is 1. The Balaban J connectivity index is 1.43. The zero-order valence-electron chi connectivity index (χ0n) is 19.6. The third kappa shape index (κ3) is 8.20. The van der Waals surface area contributed by atoms with Crippen molar-refractivity contribution in [1.82, 2.24) is 15.2 Å². The van der Waals surface area contributed by atoms with Crippen molar-refractivity contribution in [3.63, 3.8) is 0 Å². The summed E-state index contributed by atoms with van der Waals surface area (Å²) in [6.07, 6.45) is 3.29. The van der Waals surface area contributed by atoms with Crippen LogP contribution < -0.4 is 5.32 Å².